The number of aliphatic imine (C=N–C) groups is 1. The summed E-state index contributed by atoms with van der Waals surface area (Å²) in [4.78, 5) is 20.6. The molecule has 0 spiro atoms. The first kappa shape index (κ1) is 18.6. The number of hydrogen-bond donors (Lipinski definition) is 3. The molecular formula is C17H27N5OS. The van der Waals surface area contributed by atoms with E-state index in [1.54, 1.807) is 24.5 Å². The molecule has 1 amide bonds. The summed E-state index contributed by atoms with van der Waals surface area (Å²) in [5.41, 5.74) is 0.573. The van der Waals surface area contributed by atoms with Gasteiger partial charge in [-0.25, -0.2) is 0 Å². The first-order valence-corrected chi connectivity index (χ1v) is 9.46. The maximum absolute atomic E-state index is 11.9. The predicted molar refractivity (Wildman–Crippen MR) is 101 cm³/mol. The number of amides is 1. The van der Waals surface area contributed by atoms with E-state index in [0.717, 1.165) is 19.0 Å². The average Bonchev–Trinajstić information content (AvgIpc) is 3.04. The lowest BCUT2D eigenvalue weighted by Crippen LogP contribution is -2.42. The molecular weight excluding hydrogens is 322 g/mol. The second-order valence-corrected chi connectivity index (χ2v) is 7.70. The molecule has 2 rings (SSSR count). The van der Waals surface area contributed by atoms with E-state index in [-0.39, 0.29) is 10.7 Å². The highest BCUT2D eigenvalue weighted by Crippen LogP contribution is 2.37. The molecule has 132 valence electrons. The molecule has 1 aliphatic heterocycles. The van der Waals surface area contributed by atoms with Crippen LogP contribution in [0.4, 0.5) is 0 Å². The van der Waals surface area contributed by atoms with Gasteiger partial charge >= 0.3 is 0 Å². The van der Waals surface area contributed by atoms with Crippen molar-refractivity contribution in [1.29, 1.82) is 0 Å². The smallest absolute Gasteiger partial charge is 0.252 e. The van der Waals surface area contributed by atoms with E-state index in [9.17, 15) is 4.79 Å². The number of guanidine groups is 1. The van der Waals surface area contributed by atoms with Crippen molar-refractivity contribution >= 4 is 23.6 Å². The molecule has 1 unspecified atom stereocenters. The van der Waals surface area contributed by atoms with Gasteiger partial charge in [-0.2, -0.15) is 11.8 Å². The molecule has 1 fully saturated rings. The molecule has 0 aromatic carbocycles. The Labute approximate surface area is 148 Å². The van der Waals surface area contributed by atoms with Crippen LogP contribution in [0.25, 0.3) is 0 Å². The molecule has 1 atom stereocenters. The van der Waals surface area contributed by atoms with Crippen molar-refractivity contribution in [3.8, 4) is 0 Å². The van der Waals surface area contributed by atoms with Crippen LogP contribution in [0.3, 0.4) is 0 Å². The van der Waals surface area contributed by atoms with Crippen molar-refractivity contribution in [2.45, 2.75) is 31.4 Å². The van der Waals surface area contributed by atoms with E-state index in [0.29, 0.717) is 18.7 Å². The Kier molecular flexibility index (Phi) is 7.36. The number of carbonyl (C=O) groups excluding carboxylic acids is 1. The van der Waals surface area contributed by atoms with Crippen molar-refractivity contribution in [2.24, 2.45) is 4.99 Å². The Morgan fingerprint density at radius 2 is 2.21 bits per heavy atom. The maximum atomic E-state index is 11.9. The predicted octanol–water partition coefficient (Wildman–Crippen LogP) is 1.65. The third-order valence-corrected chi connectivity index (χ3v) is 5.37. The summed E-state index contributed by atoms with van der Waals surface area (Å²) in [6.45, 7) is 7.12. The van der Waals surface area contributed by atoms with Crippen molar-refractivity contribution in [2.75, 3.05) is 31.9 Å². The fourth-order valence-corrected chi connectivity index (χ4v) is 3.73. The van der Waals surface area contributed by atoms with Crippen LogP contribution in [-0.2, 0) is 0 Å². The van der Waals surface area contributed by atoms with E-state index < -0.39 is 0 Å². The lowest BCUT2D eigenvalue weighted by Gasteiger charge is -2.21. The van der Waals surface area contributed by atoms with Gasteiger partial charge in [0.1, 0.15) is 0 Å². The Morgan fingerprint density at radius 3 is 2.88 bits per heavy atom. The molecule has 1 saturated heterocycles. The first-order chi connectivity index (χ1) is 11.6. The number of rotatable bonds is 7. The minimum Gasteiger partial charge on any atom is -0.357 e. The lowest BCUT2D eigenvalue weighted by atomic mass is 10.1. The highest BCUT2D eigenvalue weighted by atomic mass is 32.2. The molecule has 6 nitrogen and oxygen atoms in total. The topological polar surface area (TPSA) is 78.4 Å². The van der Waals surface area contributed by atoms with Gasteiger partial charge in [0.2, 0.25) is 0 Å². The van der Waals surface area contributed by atoms with Crippen LogP contribution < -0.4 is 16.0 Å². The zero-order chi connectivity index (χ0) is 17.3. The monoisotopic (exact) mass is 349 g/mol. The van der Waals surface area contributed by atoms with Crippen molar-refractivity contribution in [3.63, 3.8) is 0 Å². The molecule has 0 radical (unpaired) electrons. The summed E-state index contributed by atoms with van der Waals surface area (Å²) in [6.07, 6.45) is 5.72. The summed E-state index contributed by atoms with van der Waals surface area (Å²) in [7, 11) is 0. The van der Waals surface area contributed by atoms with E-state index in [2.05, 4.69) is 27.9 Å². The van der Waals surface area contributed by atoms with Crippen molar-refractivity contribution in [3.05, 3.63) is 30.1 Å². The molecule has 2 heterocycles. The van der Waals surface area contributed by atoms with Gasteiger partial charge in [0.25, 0.3) is 5.91 Å². The number of carbonyl (C=O) groups is 1. The van der Waals surface area contributed by atoms with E-state index >= 15 is 0 Å². The number of pyridine rings is 1. The Balaban J connectivity index is 1.74. The average molecular weight is 350 g/mol. The zero-order valence-corrected chi connectivity index (χ0v) is 15.3. The summed E-state index contributed by atoms with van der Waals surface area (Å²) in [6, 6.07) is 3.51. The van der Waals surface area contributed by atoms with E-state index in [1.807, 2.05) is 18.7 Å². The molecule has 1 aromatic rings. The van der Waals surface area contributed by atoms with Gasteiger partial charge in [-0.05, 0) is 44.6 Å². The molecule has 3 N–H and O–H groups in total. The van der Waals surface area contributed by atoms with Crippen LogP contribution >= 0.6 is 11.8 Å². The third kappa shape index (κ3) is 6.03. The first-order valence-electron chi connectivity index (χ1n) is 8.47. The molecule has 0 bridgehead atoms. The normalized spacial score (nSPS) is 20.7. The Bertz CT molecular complexity index is 543. The highest BCUT2D eigenvalue weighted by Gasteiger charge is 2.29. The highest BCUT2D eigenvalue weighted by molar-refractivity contribution is 8.00. The Morgan fingerprint density at radius 1 is 1.38 bits per heavy atom. The van der Waals surface area contributed by atoms with Crippen LogP contribution in [0.5, 0.6) is 0 Å². The van der Waals surface area contributed by atoms with Crippen molar-refractivity contribution in [1.82, 2.24) is 20.9 Å². The summed E-state index contributed by atoms with van der Waals surface area (Å²) < 4.78 is 0.261. The van der Waals surface area contributed by atoms with Crippen LogP contribution in [-0.4, -0.2) is 53.5 Å². The van der Waals surface area contributed by atoms with Gasteiger partial charge in [-0.15, -0.1) is 0 Å². The van der Waals surface area contributed by atoms with Gasteiger partial charge < -0.3 is 16.0 Å². The minimum absolute atomic E-state index is 0.110. The van der Waals surface area contributed by atoms with Crippen LogP contribution in [0.1, 0.15) is 37.0 Å². The second-order valence-electron chi connectivity index (χ2n) is 6.02. The molecule has 24 heavy (non-hydrogen) atoms. The van der Waals surface area contributed by atoms with Gasteiger partial charge in [0.05, 0.1) is 12.1 Å². The largest absolute Gasteiger partial charge is 0.357 e. The van der Waals surface area contributed by atoms with E-state index in [1.165, 1.54) is 18.6 Å². The SMILES string of the molecule is CCNC(=NCC1(C)CCCS1)NCCNC(=O)c1cccnc1. The summed E-state index contributed by atoms with van der Waals surface area (Å²) >= 11 is 2.01. The maximum Gasteiger partial charge on any atom is 0.252 e. The molecule has 0 saturated carbocycles. The summed E-state index contributed by atoms with van der Waals surface area (Å²) in [5, 5.41) is 9.39. The number of nitrogens with one attached hydrogen (secondary N) is 3. The fourth-order valence-electron chi connectivity index (χ4n) is 2.51. The van der Waals surface area contributed by atoms with Crippen LogP contribution in [0, 0.1) is 0 Å². The minimum atomic E-state index is -0.110. The number of aromatic nitrogens is 1. The Hall–Kier alpha value is -1.76. The van der Waals surface area contributed by atoms with Crippen molar-refractivity contribution < 1.29 is 4.79 Å². The number of thioether (sulfide) groups is 1. The van der Waals surface area contributed by atoms with Gasteiger partial charge in [-0.3, -0.25) is 14.8 Å². The number of hydrogen-bond acceptors (Lipinski definition) is 4. The van der Waals surface area contributed by atoms with E-state index in [4.69, 9.17) is 4.99 Å². The molecule has 1 aromatic heterocycles. The summed E-state index contributed by atoms with van der Waals surface area (Å²) in [5.74, 6) is 1.93. The standard InChI is InChI=1S/C17H27N5OS/c1-3-19-16(22-13-17(2)7-5-11-24-17)21-10-9-20-15(23)14-6-4-8-18-12-14/h4,6,8,12H,3,5,7,9-11,13H2,1-2H3,(H,20,23)(H2,19,21,22). The molecule has 0 aliphatic carbocycles. The van der Waals surface area contributed by atoms with Gasteiger partial charge in [-0.1, -0.05) is 0 Å². The molecule has 1 aliphatic rings. The third-order valence-electron chi connectivity index (χ3n) is 3.84. The van der Waals surface area contributed by atoms with Crippen LogP contribution in [0.2, 0.25) is 0 Å². The zero-order valence-electron chi connectivity index (χ0n) is 14.5. The molecule has 7 heteroatoms. The second kappa shape index (κ2) is 9.52. The van der Waals surface area contributed by atoms with Gasteiger partial charge in [0, 0.05) is 36.8 Å². The fraction of sp³-hybridized carbons (Fsp3) is 0.588. The van der Waals surface area contributed by atoms with Crippen LogP contribution in [0.15, 0.2) is 29.5 Å². The quantitative estimate of drug-likeness (QED) is 0.396. The van der Waals surface area contributed by atoms with Gasteiger partial charge in [0.15, 0.2) is 5.96 Å². The number of nitrogens with zero attached hydrogens (tertiary/aromatic N) is 2. The lowest BCUT2D eigenvalue weighted by molar-refractivity contribution is 0.0954.